The normalized spacial score (nSPS) is 10.9. The maximum Gasteiger partial charge on any atom is 0.244 e. The van der Waals surface area contributed by atoms with E-state index in [1.54, 1.807) is 24.3 Å². The first-order chi connectivity index (χ1) is 10.5. The number of carbonyl (C=O) groups excluding carboxylic acids is 1. The third-order valence-corrected chi connectivity index (χ3v) is 3.82. The molecule has 1 N–H and O–H groups in total. The van der Waals surface area contributed by atoms with Crippen LogP contribution in [0.25, 0.3) is 6.08 Å². The second-order valence-electron chi connectivity index (χ2n) is 4.67. The Hall–Kier alpha value is -1.48. The van der Waals surface area contributed by atoms with Crippen LogP contribution in [0.3, 0.4) is 0 Å². The van der Waals surface area contributed by atoms with Crippen LogP contribution < -0.4 is 5.32 Å². The molecule has 0 saturated heterocycles. The third-order valence-electron chi connectivity index (χ3n) is 3.00. The van der Waals surface area contributed by atoms with Crippen molar-refractivity contribution in [2.75, 3.05) is 6.54 Å². The molecule has 0 saturated carbocycles. The summed E-state index contributed by atoms with van der Waals surface area (Å²) in [5.41, 5.74) is 1.87. The van der Waals surface area contributed by atoms with Gasteiger partial charge in [-0.15, -0.1) is 0 Å². The van der Waals surface area contributed by atoms with Gasteiger partial charge in [0.1, 0.15) is 0 Å². The van der Waals surface area contributed by atoms with Crippen LogP contribution in [0.4, 0.5) is 0 Å². The first kappa shape index (κ1) is 16.9. The predicted molar refractivity (Wildman–Crippen MR) is 93.7 cm³/mol. The molecule has 2 rings (SSSR count). The summed E-state index contributed by atoms with van der Waals surface area (Å²) in [6, 6.07) is 12.7. The van der Waals surface area contributed by atoms with Crippen LogP contribution in [0.2, 0.25) is 15.1 Å². The lowest BCUT2D eigenvalue weighted by molar-refractivity contribution is -0.116. The summed E-state index contributed by atoms with van der Waals surface area (Å²) in [6.07, 6.45) is 3.87. The minimum absolute atomic E-state index is 0.167. The standard InChI is InChI=1S/C17H14Cl3NO/c18-14-5-1-12(2-6-14)9-10-21-17(22)8-4-13-3-7-15(19)11-16(13)20/h1-8,11H,9-10H2,(H,21,22)/b8-4+. The van der Waals surface area contributed by atoms with Gasteiger partial charge in [0, 0.05) is 27.7 Å². The van der Waals surface area contributed by atoms with E-state index in [0.29, 0.717) is 21.6 Å². The Morgan fingerprint density at radius 1 is 1.00 bits per heavy atom. The summed E-state index contributed by atoms with van der Waals surface area (Å²) >= 11 is 17.7. The zero-order chi connectivity index (χ0) is 15.9. The molecule has 0 aromatic heterocycles. The molecule has 0 unspecified atom stereocenters. The fourth-order valence-electron chi connectivity index (χ4n) is 1.84. The number of rotatable bonds is 5. The number of nitrogens with one attached hydrogen (secondary N) is 1. The molecule has 1 amide bonds. The molecule has 2 aromatic rings. The lowest BCUT2D eigenvalue weighted by Crippen LogP contribution is -2.23. The van der Waals surface area contributed by atoms with E-state index in [1.807, 2.05) is 24.3 Å². The van der Waals surface area contributed by atoms with Gasteiger partial charge in [-0.2, -0.15) is 0 Å². The van der Waals surface area contributed by atoms with Gasteiger partial charge in [-0.25, -0.2) is 0 Å². The summed E-state index contributed by atoms with van der Waals surface area (Å²) in [5.74, 6) is -0.167. The van der Waals surface area contributed by atoms with Gasteiger partial charge in [0.05, 0.1) is 0 Å². The van der Waals surface area contributed by atoms with Crippen molar-refractivity contribution in [3.63, 3.8) is 0 Å². The number of halogens is 3. The molecule has 0 spiro atoms. The number of benzene rings is 2. The van der Waals surface area contributed by atoms with Gasteiger partial charge in [0.2, 0.25) is 5.91 Å². The molecular formula is C17H14Cl3NO. The van der Waals surface area contributed by atoms with Crippen molar-refractivity contribution < 1.29 is 4.79 Å². The Labute approximate surface area is 144 Å². The molecule has 0 radical (unpaired) electrons. The van der Waals surface area contributed by atoms with Crippen molar-refractivity contribution in [1.82, 2.24) is 5.32 Å². The number of hydrogen-bond acceptors (Lipinski definition) is 1. The quantitative estimate of drug-likeness (QED) is 0.751. The Morgan fingerprint density at radius 3 is 2.36 bits per heavy atom. The predicted octanol–water partition coefficient (Wildman–Crippen LogP) is 5.02. The van der Waals surface area contributed by atoms with Crippen LogP contribution in [0.1, 0.15) is 11.1 Å². The molecule has 2 nitrogen and oxygen atoms in total. The van der Waals surface area contributed by atoms with Crippen LogP contribution in [0, 0.1) is 0 Å². The Morgan fingerprint density at radius 2 is 1.68 bits per heavy atom. The van der Waals surface area contributed by atoms with Gasteiger partial charge < -0.3 is 5.32 Å². The van der Waals surface area contributed by atoms with Crippen molar-refractivity contribution in [2.24, 2.45) is 0 Å². The highest BCUT2D eigenvalue weighted by Crippen LogP contribution is 2.21. The first-order valence-electron chi connectivity index (χ1n) is 6.70. The highest BCUT2D eigenvalue weighted by molar-refractivity contribution is 6.35. The second kappa shape index (κ2) is 8.23. The minimum Gasteiger partial charge on any atom is -0.352 e. The first-order valence-corrected chi connectivity index (χ1v) is 7.83. The smallest absolute Gasteiger partial charge is 0.244 e. The Bertz CT molecular complexity index is 681. The van der Waals surface area contributed by atoms with E-state index < -0.39 is 0 Å². The maximum absolute atomic E-state index is 11.8. The van der Waals surface area contributed by atoms with E-state index in [0.717, 1.165) is 17.5 Å². The summed E-state index contributed by atoms with van der Waals surface area (Å²) in [7, 11) is 0. The van der Waals surface area contributed by atoms with Gasteiger partial charge >= 0.3 is 0 Å². The molecule has 0 fully saturated rings. The SMILES string of the molecule is O=C(/C=C/c1ccc(Cl)cc1Cl)NCCc1ccc(Cl)cc1. The molecule has 114 valence electrons. The summed E-state index contributed by atoms with van der Waals surface area (Å²) in [5, 5.41) is 4.60. The van der Waals surface area contributed by atoms with Gasteiger partial charge in [-0.1, -0.05) is 53.0 Å². The van der Waals surface area contributed by atoms with Crippen LogP contribution in [-0.2, 0) is 11.2 Å². The van der Waals surface area contributed by atoms with E-state index in [2.05, 4.69) is 5.32 Å². The topological polar surface area (TPSA) is 29.1 Å². The van der Waals surface area contributed by atoms with Gasteiger partial charge in [-0.05, 0) is 47.9 Å². The van der Waals surface area contributed by atoms with Crippen LogP contribution in [0.15, 0.2) is 48.5 Å². The molecule has 0 aliphatic rings. The van der Waals surface area contributed by atoms with Crippen molar-refractivity contribution in [3.8, 4) is 0 Å². The van der Waals surface area contributed by atoms with E-state index in [4.69, 9.17) is 34.8 Å². The number of hydrogen-bond donors (Lipinski definition) is 1. The fourth-order valence-corrected chi connectivity index (χ4v) is 2.44. The second-order valence-corrected chi connectivity index (χ2v) is 5.95. The van der Waals surface area contributed by atoms with Crippen LogP contribution >= 0.6 is 34.8 Å². The summed E-state index contributed by atoms with van der Waals surface area (Å²) < 4.78 is 0. The molecular weight excluding hydrogens is 341 g/mol. The van der Waals surface area contributed by atoms with Crippen molar-refractivity contribution in [3.05, 3.63) is 74.7 Å². The largest absolute Gasteiger partial charge is 0.352 e. The van der Waals surface area contributed by atoms with Gasteiger partial charge in [0.25, 0.3) is 0 Å². The van der Waals surface area contributed by atoms with Crippen LogP contribution in [-0.4, -0.2) is 12.5 Å². The van der Waals surface area contributed by atoms with E-state index in [9.17, 15) is 4.79 Å². The maximum atomic E-state index is 11.8. The Balaban J connectivity index is 1.82. The molecule has 0 aliphatic carbocycles. The minimum atomic E-state index is -0.167. The summed E-state index contributed by atoms with van der Waals surface area (Å²) in [4.78, 5) is 11.8. The van der Waals surface area contributed by atoms with Crippen molar-refractivity contribution in [1.29, 1.82) is 0 Å². The van der Waals surface area contributed by atoms with Crippen molar-refractivity contribution >= 4 is 46.8 Å². The number of carbonyl (C=O) groups is 1. The van der Waals surface area contributed by atoms with Crippen molar-refractivity contribution in [2.45, 2.75) is 6.42 Å². The molecule has 2 aromatic carbocycles. The molecule has 0 heterocycles. The van der Waals surface area contributed by atoms with Gasteiger partial charge in [-0.3, -0.25) is 4.79 Å². The van der Waals surface area contributed by atoms with E-state index >= 15 is 0 Å². The molecule has 0 aliphatic heterocycles. The lowest BCUT2D eigenvalue weighted by atomic mass is 10.1. The summed E-state index contributed by atoms with van der Waals surface area (Å²) in [6.45, 7) is 0.555. The molecule has 5 heteroatoms. The zero-order valence-electron chi connectivity index (χ0n) is 11.7. The number of amides is 1. The van der Waals surface area contributed by atoms with Gasteiger partial charge in [0.15, 0.2) is 0 Å². The molecule has 0 atom stereocenters. The molecule has 22 heavy (non-hydrogen) atoms. The average molecular weight is 355 g/mol. The van der Waals surface area contributed by atoms with E-state index in [1.165, 1.54) is 6.08 Å². The van der Waals surface area contributed by atoms with Crippen LogP contribution in [0.5, 0.6) is 0 Å². The van der Waals surface area contributed by atoms with E-state index in [-0.39, 0.29) is 5.91 Å². The molecule has 0 bridgehead atoms. The Kier molecular flexibility index (Phi) is 6.32. The zero-order valence-corrected chi connectivity index (χ0v) is 13.9. The third kappa shape index (κ3) is 5.38. The lowest BCUT2D eigenvalue weighted by Gasteiger charge is -2.03. The highest BCUT2D eigenvalue weighted by atomic mass is 35.5. The highest BCUT2D eigenvalue weighted by Gasteiger charge is 2.00. The fraction of sp³-hybridized carbons (Fsp3) is 0.118. The average Bonchev–Trinajstić information content (AvgIpc) is 2.48. The monoisotopic (exact) mass is 353 g/mol.